The van der Waals surface area contributed by atoms with Crippen LogP contribution < -0.4 is 15.4 Å². The van der Waals surface area contributed by atoms with E-state index in [1.807, 2.05) is 6.07 Å². The highest BCUT2D eigenvalue weighted by molar-refractivity contribution is 6.39. The number of anilines is 1. The van der Waals surface area contributed by atoms with Crippen LogP contribution in [0.1, 0.15) is 11.5 Å². The van der Waals surface area contributed by atoms with Crippen LogP contribution in [0.5, 0.6) is 5.75 Å². The number of benzene rings is 2. The summed E-state index contributed by atoms with van der Waals surface area (Å²) in [6, 6.07) is 17.3. The van der Waals surface area contributed by atoms with Gasteiger partial charge in [-0.25, -0.2) is 0 Å². The van der Waals surface area contributed by atoms with Gasteiger partial charge in [0, 0.05) is 5.69 Å². The van der Waals surface area contributed by atoms with Crippen LogP contribution in [0.25, 0.3) is 0 Å². The topological polar surface area (TPSA) is 92.9 Å². The first kappa shape index (κ1) is 20.2. The summed E-state index contributed by atoms with van der Waals surface area (Å²) in [5.41, 5.74) is 1.18. The monoisotopic (exact) mass is 411 g/mol. The molecule has 2 aromatic carbocycles. The predicted octanol–water partition coefficient (Wildman–Crippen LogP) is 3.95. The van der Waals surface area contributed by atoms with Crippen molar-refractivity contribution in [2.24, 2.45) is 4.99 Å². The number of methoxy groups -OCH3 is 1. The normalized spacial score (nSPS) is 10.7. The number of ether oxygens (including phenoxy) is 1. The van der Waals surface area contributed by atoms with Gasteiger partial charge in [-0.2, -0.15) is 0 Å². The maximum Gasteiger partial charge on any atom is 0.313 e. The van der Waals surface area contributed by atoms with E-state index in [2.05, 4.69) is 15.6 Å². The van der Waals surface area contributed by atoms with Gasteiger partial charge in [0.15, 0.2) is 0 Å². The van der Waals surface area contributed by atoms with E-state index in [0.717, 1.165) is 0 Å². The van der Waals surface area contributed by atoms with E-state index >= 15 is 0 Å². The van der Waals surface area contributed by atoms with Crippen molar-refractivity contribution < 1.29 is 18.7 Å². The highest BCUT2D eigenvalue weighted by atomic mass is 35.5. The molecule has 29 heavy (non-hydrogen) atoms. The van der Waals surface area contributed by atoms with Crippen molar-refractivity contribution in [1.82, 2.24) is 5.32 Å². The average molecular weight is 412 g/mol. The van der Waals surface area contributed by atoms with Gasteiger partial charge >= 0.3 is 11.8 Å². The summed E-state index contributed by atoms with van der Waals surface area (Å²) < 4.78 is 10.7. The third-order valence-corrected chi connectivity index (χ3v) is 4.12. The van der Waals surface area contributed by atoms with E-state index in [9.17, 15) is 9.59 Å². The third kappa shape index (κ3) is 5.70. The quantitative estimate of drug-likeness (QED) is 0.474. The molecular formula is C21H18ClN3O4. The van der Waals surface area contributed by atoms with Crippen LogP contribution in [0, 0.1) is 0 Å². The lowest BCUT2D eigenvalue weighted by Crippen LogP contribution is -2.34. The van der Waals surface area contributed by atoms with E-state index in [1.165, 1.54) is 6.21 Å². The van der Waals surface area contributed by atoms with Crippen molar-refractivity contribution in [3.05, 3.63) is 77.2 Å². The zero-order chi connectivity index (χ0) is 20.6. The molecule has 3 aromatic rings. The smallest absolute Gasteiger partial charge is 0.313 e. The van der Waals surface area contributed by atoms with E-state index in [1.54, 1.807) is 61.7 Å². The molecule has 2 N–H and O–H groups in total. The van der Waals surface area contributed by atoms with Gasteiger partial charge < -0.3 is 19.8 Å². The second-order valence-electron chi connectivity index (χ2n) is 5.88. The van der Waals surface area contributed by atoms with E-state index in [-0.39, 0.29) is 6.54 Å². The van der Waals surface area contributed by atoms with Gasteiger partial charge in [-0.3, -0.25) is 14.6 Å². The molecule has 1 heterocycles. The van der Waals surface area contributed by atoms with Crippen molar-refractivity contribution in [2.45, 2.75) is 6.54 Å². The van der Waals surface area contributed by atoms with Crippen LogP contribution >= 0.6 is 11.6 Å². The lowest BCUT2D eigenvalue weighted by atomic mass is 10.3. The number of aliphatic imine (C=N–C) groups is 1. The first-order valence-electron chi connectivity index (χ1n) is 8.65. The van der Waals surface area contributed by atoms with Crippen molar-refractivity contribution >= 4 is 41.0 Å². The standard InChI is InChI=1S/C21H18ClN3O4/c1-28-19-10-7-15(11-18(19)22)23-12-16-8-9-17(29-16)13-24-20(26)21(27)25-14-5-3-2-4-6-14/h2-12H,13H2,1H3,(H,24,26)(H,25,27). The van der Waals surface area contributed by atoms with Gasteiger partial charge in [0.2, 0.25) is 0 Å². The Morgan fingerprint density at radius 2 is 1.90 bits per heavy atom. The Morgan fingerprint density at radius 3 is 2.62 bits per heavy atom. The summed E-state index contributed by atoms with van der Waals surface area (Å²) in [4.78, 5) is 28.1. The minimum Gasteiger partial charge on any atom is -0.495 e. The van der Waals surface area contributed by atoms with E-state index < -0.39 is 11.8 Å². The Bertz CT molecular complexity index is 1030. The Labute approximate surface area is 172 Å². The predicted molar refractivity (Wildman–Crippen MR) is 111 cm³/mol. The van der Waals surface area contributed by atoms with Gasteiger partial charge in [-0.15, -0.1) is 0 Å². The summed E-state index contributed by atoms with van der Waals surface area (Å²) in [6.45, 7) is 0.0727. The number of amides is 2. The molecule has 0 atom stereocenters. The number of nitrogens with one attached hydrogen (secondary N) is 2. The molecule has 1 aromatic heterocycles. The Hall–Kier alpha value is -3.58. The molecule has 0 unspecified atom stereocenters. The van der Waals surface area contributed by atoms with Gasteiger partial charge in [0.25, 0.3) is 0 Å². The fourth-order valence-corrected chi connectivity index (χ4v) is 2.64. The Balaban J connectivity index is 1.53. The molecule has 0 aliphatic heterocycles. The third-order valence-electron chi connectivity index (χ3n) is 3.82. The number of hydrogen-bond acceptors (Lipinski definition) is 5. The van der Waals surface area contributed by atoms with Crippen LogP contribution in [0.2, 0.25) is 5.02 Å². The molecule has 0 aliphatic carbocycles. The molecular weight excluding hydrogens is 394 g/mol. The van der Waals surface area contributed by atoms with Crippen LogP contribution in [-0.2, 0) is 16.1 Å². The number of nitrogens with zero attached hydrogens (tertiary/aromatic N) is 1. The van der Waals surface area contributed by atoms with Crippen molar-refractivity contribution in [3.8, 4) is 5.75 Å². The molecule has 0 fully saturated rings. The van der Waals surface area contributed by atoms with Gasteiger partial charge in [0.05, 0.1) is 30.6 Å². The molecule has 148 valence electrons. The summed E-state index contributed by atoms with van der Waals surface area (Å²) in [7, 11) is 1.54. The van der Waals surface area contributed by atoms with Crippen molar-refractivity contribution in [1.29, 1.82) is 0 Å². The average Bonchev–Trinajstić information content (AvgIpc) is 3.19. The van der Waals surface area contributed by atoms with Crippen LogP contribution in [0.4, 0.5) is 11.4 Å². The number of furan rings is 1. The SMILES string of the molecule is COc1ccc(N=Cc2ccc(CNC(=O)C(=O)Nc3ccccc3)o2)cc1Cl. The van der Waals surface area contributed by atoms with Crippen LogP contribution in [0.3, 0.4) is 0 Å². The second kappa shape index (κ2) is 9.57. The molecule has 8 heteroatoms. The minimum absolute atomic E-state index is 0.0727. The maximum atomic E-state index is 11.9. The van der Waals surface area contributed by atoms with Crippen LogP contribution in [-0.4, -0.2) is 25.1 Å². The molecule has 7 nitrogen and oxygen atoms in total. The summed E-state index contributed by atoms with van der Waals surface area (Å²) in [5.74, 6) is 0.0437. The molecule has 2 amide bonds. The maximum absolute atomic E-state index is 11.9. The number of para-hydroxylation sites is 1. The molecule has 3 rings (SSSR count). The molecule has 0 radical (unpaired) electrons. The summed E-state index contributed by atoms with van der Waals surface area (Å²) in [5, 5.41) is 5.47. The number of carbonyl (C=O) groups is 2. The highest BCUT2D eigenvalue weighted by Gasteiger charge is 2.14. The number of hydrogen-bond donors (Lipinski definition) is 2. The van der Waals surface area contributed by atoms with Crippen LogP contribution in [0.15, 0.2) is 70.1 Å². The second-order valence-corrected chi connectivity index (χ2v) is 6.29. The summed E-state index contributed by atoms with van der Waals surface area (Å²) in [6.07, 6.45) is 1.53. The fraction of sp³-hybridized carbons (Fsp3) is 0.0952. The lowest BCUT2D eigenvalue weighted by molar-refractivity contribution is -0.136. The summed E-state index contributed by atoms with van der Waals surface area (Å²) >= 11 is 6.07. The van der Waals surface area contributed by atoms with E-state index in [4.69, 9.17) is 20.8 Å². The van der Waals surface area contributed by atoms with Gasteiger partial charge in [-0.05, 0) is 42.5 Å². The molecule has 0 bridgehead atoms. The first-order chi connectivity index (χ1) is 14.0. The highest BCUT2D eigenvalue weighted by Crippen LogP contribution is 2.28. The zero-order valence-electron chi connectivity index (χ0n) is 15.5. The molecule has 0 aliphatic rings. The fourth-order valence-electron chi connectivity index (χ4n) is 2.39. The largest absolute Gasteiger partial charge is 0.495 e. The van der Waals surface area contributed by atoms with Crippen molar-refractivity contribution in [2.75, 3.05) is 12.4 Å². The number of rotatable bonds is 6. The Morgan fingerprint density at radius 1 is 1.10 bits per heavy atom. The van der Waals surface area contributed by atoms with Gasteiger partial charge in [-0.1, -0.05) is 29.8 Å². The molecule has 0 saturated carbocycles. The molecule has 0 spiro atoms. The zero-order valence-corrected chi connectivity index (χ0v) is 16.3. The van der Waals surface area contributed by atoms with E-state index in [0.29, 0.717) is 33.7 Å². The first-order valence-corrected chi connectivity index (χ1v) is 9.03. The lowest BCUT2D eigenvalue weighted by Gasteiger charge is -2.05. The minimum atomic E-state index is -0.756. The Kier molecular flexibility index (Phi) is 6.65. The number of carbonyl (C=O) groups excluding carboxylic acids is 2. The molecule has 0 saturated heterocycles. The number of halogens is 1. The van der Waals surface area contributed by atoms with Gasteiger partial charge in [0.1, 0.15) is 17.3 Å². The van der Waals surface area contributed by atoms with Crippen molar-refractivity contribution in [3.63, 3.8) is 0 Å².